The highest BCUT2D eigenvalue weighted by atomic mass is 16.5. The Kier molecular flexibility index (Phi) is 2.67. The lowest BCUT2D eigenvalue weighted by atomic mass is 9.99. The average Bonchev–Trinajstić information content (AvgIpc) is 2.99. The van der Waals surface area contributed by atoms with Crippen molar-refractivity contribution in [1.82, 2.24) is 0 Å². The van der Waals surface area contributed by atoms with Crippen LogP contribution in [0.2, 0.25) is 0 Å². The molecule has 82 valence electrons. The third-order valence-corrected chi connectivity index (χ3v) is 3.00. The van der Waals surface area contributed by atoms with Crippen molar-refractivity contribution in [2.24, 2.45) is 11.5 Å². The largest absolute Gasteiger partial charge is 0.494 e. The summed E-state index contributed by atoms with van der Waals surface area (Å²) in [6.45, 7) is 2.66. The van der Waals surface area contributed by atoms with E-state index in [-0.39, 0.29) is 11.6 Å². The molecule has 0 heterocycles. The summed E-state index contributed by atoms with van der Waals surface area (Å²) in [6, 6.07) is 7.85. The molecule has 1 aromatic rings. The lowest BCUT2D eigenvalue weighted by Gasteiger charge is -2.19. The Morgan fingerprint density at radius 1 is 1.33 bits per heavy atom. The molecular weight excluding hydrogens is 188 g/mol. The highest BCUT2D eigenvalue weighted by Gasteiger charge is 2.44. The molecule has 1 saturated carbocycles. The fraction of sp³-hybridized carbons (Fsp3) is 0.500. The van der Waals surface area contributed by atoms with Gasteiger partial charge in [0.1, 0.15) is 5.75 Å². The second-order valence-electron chi connectivity index (χ2n) is 4.21. The molecule has 1 aliphatic rings. The van der Waals surface area contributed by atoms with Crippen molar-refractivity contribution in [3.63, 3.8) is 0 Å². The number of nitrogens with two attached hydrogens (primary N) is 2. The van der Waals surface area contributed by atoms with Gasteiger partial charge in [-0.25, -0.2) is 0 Å². The normalized spacial score (nSPS) is 19.7. The lowest BCUT2D eigenvalue weighted by Crippen LogP contribution is -2.36. The van der Waals surface area contributed by atoms with Crippen LogP contribution in [0.15, 0.2) is 24.3 Å². The van der Waals surface area contributed by atoms with Crippen LogP contribution in [-0.2, 0) is 0 Å². The van der Waals surface area contributed by atoms with E-state index in [4.69, 9.17) is 16.2 Å². The molecule has 3 heteroatoms. The van der Waals surface area contributed by atoms with Crippen LogP contribution < -0.4 is 16.2 Å². The fourth-order valence-electron chi connectivity index (χ4n) is 1.73. The van der Waals surface area contributed by atoms with E-state index >= 15 is 0 Å². The van der Waals surface area contributed by atoms with Crippen LogP contribution in [0.1, 0.15) is 31.4 Å². The second-order valence-corrected chi connectivity index (χ2v) is 4.21. The van der Waals surface area contributed by atoms with E-state index in [0.29, 0.717) is 6.61 Å². The van der Waals surface area contributed by atoms with Crippen molar-refractivity contribution in [2.75, 3.05) is 6.61 Å². The molecule has 1 unspecified atom stereocenters. The Hall–Kier alpha value is -1.06. The minimum Gasteiger partial charge on any atom is -0.494 e. The van der Waals surface area contributed by atoms with Crippen LogP contribution >= 0.6 is 0 Å². The Labute approximate surface area is 90.4 Å². The van der Waals surface area contributed by atoms with Gasteiger partial charge in [-0.2, -0.15) is 0 Å². The molecular formula is C12H18N2O. The van der Waals surface area contributed by atoms with E-state index in [1.165, 1.54) is 0 Å². The summed E-state index contributed by atoms with van der Waals surface area (Å²) in [5.41, 5.74) is 13.1. The maximum absolute atomic E-state index is 6.09. The Balaban J connectivity index is 2.09. The van der Waals surface area contributed by atoms with Gasteiger partial charge in [0.2, 0.25) is 0 Å². The first kappa shape index (κ1) is 10.5. The topological polar surface area (TPSA) is 61.3 Å². The third kappa shape index (κ3) is 2.13. The van der Waals surface area contributed by atoms with E-state index < -0.39 is 0 Å². The summed E-state index contributed by atoms with van der Waals surface area (Å²) >= 11 is 0. The molecule has 0 radical (unpaired) electrons. The zero-order valence-electron chi connectivity index (χ0n) is 9.07. The van der Waals surface area contributed by atoms with Crippen molar-refractivity contribution in [1.29, 1.82) is 0 Å². The molecule has 4 N–H and O–H groups in total. The maximum Gasteiger partial charge on any atom is 0.119 e. The zero-order valence-corrected chi connectivity index (χ0v) is 9.07. The van der Waals surface area contributed by atoms with E-state index in [0.717, 1.165) is 24.2 Å². The van der Waals surface area contributed by atoms with Gasteiger partial charge in [-0.05, 0) is 37.5 Å². The Morgan fingerprint density at radius 3 is 2.40 bits per heavy atom. The maximum atomic E-state index is 6.09. The van der Waals surface area contributed by atoms with Gasteiger partial charge in [-0.3, -0.25) is 0 Å². The summed E-state index contributed by atoms with van der Waals surface area (Å²) < 4.78 is 5.37. The van der Waals surface area contributed by atoms with E-state index in [1.807, 2.05) is 31.2 Å². The monoisotopic (exact) mass is 206 g/mol. The SMILES string of the molecule is CCOc1ccc(C(N)C2(N)CC2)cc1. The number of ether oxygens (including phenoxy) is 1. The van der Waals surface area contributed by atoms with Crippen molar-refractivity contribution in [3.05, 3.63) is 29.8 Å². The first-order chi connectivity index (χ1) is 7.15. The van der Waals surface area contributed by atoms with Gasteiger partial charge in [-0.1, -0.05) is 12.1 Å². The molecule has 0 bridgehead atoms. The lowest BCUT2D eigenvalue weighted by molar-refractivity contribution is 0.340. The van der Waals surface area contributed by atoms with Crippen LogP contribution in [0.4, 0.5) is 0 Å². The van der Waals surface area contributed by atoms with Crippen LogP contribution in [0, 0.1) is 0 Å². The summed E-state index contributed by atoms with van der Waals surface area (Å²) in [4.78, 5) is 0. The standard InChI is InChI=1S/C12H18N2O/c1-2-15-10-5-3-9(4-6-10)11(13)12(14)7-8-12/h3-6,11H,2,7-8,13-14H2,1H3. The number of hydrogen-bond acceptors (Lipinski definition) is 3. The minimum absolute atomic E-state index is 0.0480. The summed E-state index contributed by atoms with van der Waals surface area (Å²) in [6.07, 6.45) is 2.06. The smallest absolute Gasteiger partial charge is 0.119 e. The predicted molar refractivity (Wildman–Crippen MR) is 60.7 cm³/mol. The number of rotatable bonds is 4. The van der Waals surface area contributed by atoms with Gasteiger partial charge >= 0.3 is 0 Å². The van der Waals surface area contributed by atoms with Crippen LogP contribution in [-0.4, -0.2) is 12.1 Å². The third-order valence-electron chi connectivity index (χ3n) is 3.00. The molecule has 3 nitrogen and oxygen atoms in total. The van der Waals surface area contributed by atoms with Crippen LogP contribution in [0.3, 0.4) is 0 Å². The summed E-state index contributed by atoms with van der Waals surface area (Å²) in [7, 11) is 0. The summed E-state index contributed by atoms with van der Waals surface area (Å²) in [5, 5.41) is 0. The second kappa shape index (κ2) is 3.83. The average molecular weight is 206 g/mol. The highest BCUT2D eigenvalue weighted by Crippen LogP contribution is 2.42. The Morgan fingerprint density at radius 2 is 1.93 bits per heavy atom. The molecule has 15 heavy (non-hydrogen) atoms. The van der Waals surface area contributed by atoms with Crippen molar-refractivity contribution < 1.29 is 4.74 Å². The van der Waals surface area contributed by atoms with Gasteiger partial charge in [0.05, 0.1) is 6.61 Å². The van der Waals surface area contributed by atoms with Gasteiger partial charge in [0.15, 0.2) is 0 Å². The van der Waals surface area contributed by atoms with Crippen molar-refractivity contribution in [3.8, 4) is 5.75 Å². The first-order valence-electron chi connectivity index (χ1n) is 5.43. The van der Waals surface area contributed by atoms with Crippen LogP contribution in [0.5, 0.6) is 5.75 Å². The molecule has 2 rings (SSSR count). The van der Waals surface area contributed by atoms with E-state index in [1.54, 1.807) is 0 Å². The molecule has 1 atom stereocenters. The van der Waals surface area contributed by atoms with Gasteiger partial charge < -0.3 is 16.2 Å². The molecule has 1 aliphatic carbocycles. The molecule has 0 spiro atoms. The first-order valence-corrected chi connectivity index (χ1v) is 5.43. The molecule has 1 fully saturated rings. The highest BCUT2D eigenvalue weighted by molar-refractivity contribution is 5.32. The Bertz CT molecular complexity index is 330. The van der Waals surface area contributed by atoms with Gasteiger partial charge in [0, 0.05) is 11.6 Å². The van der Waals surface area contributed by atoms with Gasteiger partial charge in [0.25, 0.3) is 0 Å². The summed E-state index contributed by atoms with van der Waals surface area (Å²) in [5.74, 6) is 0.885. The van der Waals surface area contributed by atoms with E-state index in [9.17, 15) is 0 Å². The molecule has 0 saturated heterocycles. The van der Waals surface area contributed by atoms with Crippen molar-refractivity contribution in [2.45, 2.75) is 31.3 Å². The molecule has 0 aromatic heterocycles. The number of hydrogen-bond donors (Lipinski definition) is 2. The van der Waals surface area contributed by atoms with Gasteiger partial charge in [-0.15, -0.1) is 0 Å². The molecule has 0 amide bonds. The van der Waals surface area contributed by atoms with E-state index in [2.05, 4.69) is 0 Å². The van der Waals surface area contributed by atoms with Crippen molar-refractivity contribution >= 4 is 0 Å². The minimum atomic E-state index is -0.160. The van der Waals surface area contributed by atoms with Crippen LogP contribution in [0.25, 0.3) is 0 Å². The number of benzene rings is 1. The fourth-order valence-corrected chi connectivity index (χ4v) is 1.73. The molecule has 1 aromatic carbocycles. The zero-order chi connectivity index (χ0) is 10.9. The predicted octanol–water partition coefficient (Wildman–Crippen LogP) is 1.58. The quantitative estimate of drug-likeness (QED) is 0.786. The molecule has 0 aliphatic heterocycles.